The molecule has 1 unspecified atom stereocenters. The third-order valence-corrected chi connectivity index (χ3v) is 3.76. The lowest BCUT2D eigenvalue weighted by Crippen LogP contribution is -2.33. The Morgan fingerprint density at radius 3 is 2.79 bits per heavy atom. The van der Waals surface area contributed by atoms with Crippen molar-refractivity contribution in [2.24, 2.45) is 0 Å². The molecule has 1 aromatic carbocycles. The first-order chi connectivity index (χ1) is 9.19. The van der Waals surface area contributed by atoms with E-state index in [0.717, 1.165) is 38.1 Å². The number of likely N-dealkylation sites (tertiary alicyclic amines) is 1. The third kappa shape index (κ3) is 3.96. The molecule has 1 aromatic rings. The number of carbonyl (C=O) groups is 1. The van der Waals surface area contributed by atoms with Gasteiger partial charge in [-0.2, -0.15) is 0 Å². The van der Waals surface area contributed by atoms with E-state index >= 15 is 0 Å². The Balaban J connectivity index is 1.85. The highest BCUT2D eigenvalue weighted by atomic mass is 16.5. The summed E-state index contributed by atoms with van der Waals surface area (Å²) in [6.07, 6.45) is 3.35. The zero-order chi connectivity index (χ0) is 13.7. The fourth-order valence-electron chi connectivity index (χ4n) is 2.69. The van der Waals surface area contributed by atoms with Crippen LogP contribution >= 0.6 is 0 Å². The van der Waals surface area contributed by atoms with E-state index < -0.39 is 5.97 Å². The molecule has 2 rings (SSSR count). The summed E-state index contributed by atoms with van der Waals surface area (Å²) in [5.41, 5.74) is 1.27. The molecule has 0 aliphatic carbocycles. The summed E-state index contributed by atoms with van der Waals surface area (Å²) in [6, 6.07) is 8.29. The van der Waals surface area contributed by atoms with Crippen molar-refractivity contribution in [3.63, 3.8) is 0 Å². The molecule has 1 N–H and O–H groups in total. The summed E-state index contributed by atoms with van der Waals surface area (Å²) in [5.74, 6) is 0.176. The van der Waals surface area contributed by atoms with Crippen molar-refractivity contribution in [3.05, 3.63) is 29.8 Å². The molecule has 1 saturated heterocycles. The third-order valence-electron chi connectivity index (χ3n) is 3.76. The van der Waals surface area contributed by atoms with Crippen molar-refractivity contribution in [2.45, 2.75) is 31.7 Å². The van der Waals surface area contributed by atoms with Crippen LogP contribution in [0.25, 0.3) is 0 Å². The Morgan fingerprint density at radius 1 is 1.42 bits per heavy atom. The van der Waals surface area contributed by atoms with Crippen LogP contribution in [0.15, 0.2) is 24.3 Å². The van der Waals surface area contributed by atoms with Gasteiger partial charge in [0.25, 0.3) is 0 Å². The molecule has 4 heteroatoms. The predicted molar refractivity (Wildman–Crippen MR) is 73.5 cm³/mol. The topological polar surface area (TPSA) is 49.8 Å². The molecule has 0 aromatic heterocycles. The number of hydrogen-bond donors (Lipinski definition) is 1. The van der Waals surface area contributed by atoms with E-state index in [9.17, 15) is 4.79 Å². The lowest BCUT2D eigenvalue weighted by Gasteiger charge is -2.23. The highest BCUT2D eigenvalue weighted by Crippen LogP contribution is 2.21. The lowest BCUT2D eigenvalue weighted by atomic mass is 10.1. The number of carboxylic acids is 1. The van der Waals surface area contributed by atoms with E-state index in [0.29, 0.717) is 0 Å². The normalized spacial score (nSPS) is 19.5. The lowest BCUT2D eigenvalue weighted by molar-refractivity contribution is -0.138. The average Bonchev–Trinajstić information content (AvgIpc) is 2.83. The Kier molecular flexibility index (Phi) is 4.80. The molecule has 0 saturated carbocycles. The number of rotatable bonds is 6. The van der Waals surface area contributed by atoms with Gasteiger partial charge in [-0.15, -0.1) is 0 Å². The van der Waals surface area contributed by atoms with Crippen LogP contribution in [0, 0.1) is 0 Å². The SMILES string of the molecule is COc1ccc(CCN2CCCC2CC(=O)O)cc1. The molecule has 0 radical (unpaired) electrons. The van der Waals surface area contributed by atoms with Gasteiger partial charge in [0.05, 0.1) is 13.5 Å². The second kappa shape index (κ2) is 6.57. The molecule has 1 aliphatic heterocycles. The van der Waals surface area contributed by atoms with Crippen LogP contribution in [-0.4, -0.2) is 42.2 Å². The first-order valence-electron chi connectivity index (χ1n) is 6.78. The van der Waals surface area contributed by atoms with Gasteiger partial charge >= 0.3 is 5.97 Å². The smallest absolute Gasteiger partial charge is 0.304 e. The van der Waals surface area contributed by atoms with Gasteiger partial charge in [0.15, 0.2) is 0 Å². The van der Waals surface area contributed by atoms with Gasteiger partial charge < -0.3 is 9.84 Å². The molecule has 19 heavy (non-hydrogen) atoms. The zero-order valence-corrected chi connectivity index (χ0v) is 11.3. The van der Waals surface area contributed by atoms with Crippen molar-refractivity contribution < 1.29 is 14.6 Å². The number of carboxylic acid groups (broad SMARTS) is 1. The highest BCUT2D eigenvalue weighted by Gasteiger charge is 2.25. The van der Waals surface area contributed by atoms with Crippen LogP contribution < -0.4 is 4.74 Å². The monoisotopic (exact) mass is 263 g/mol. The number of hydrogen-bond acceptors (Lipinski definition) is 3. The fraction of sp³-hybridized carbons (Fsp3) is 0.533. The van der Waals surface area contributed by atoms with Crippen LogP contribution in [0.3, 0.4) is 0 Å². The second-order valence-electron chi connectivity index (χ2n) is 5.03. The maximum atomic E-state index is 10.8. The molecule has 1 heterocycles. The van der Waals surface area contributed by atoms with Crippen molar-refractivity contribution in [1.82, 2.24) is 4.90 Å². The number of nitrogens with zero attached hydrogens (tertiary/aromatic N) is 1. The maximum absolute atomic E-state index is 10.8. The first-order valence-corrected chi connectivity index (χ1v) is 6.78. The van der Waals surface area contributed by atoms with Crippen molar-refractivity contribution >= 4 is 5.97 Å². The highest BCUT2D eigenvalue weighted by molar-refractivity contribution is 5.67. The number of methoxy groups -OCH3 is 1. The van der Waals surface area contributed by atoms with Crippen LogP contribution in [0.5, 0.6) is 5.75 Å². The molecule has 0 bridgehead atoms. The van der Waals surface area contributed by atoms with Gasteiger partial charge in [0.2, 0.25) is 0 Å². The Hall–Kier alpha value is -1.55. The van der Waals surface area contributed by atoms with Crippen molar-refractivity contribution in [2.75, 3.05) is 20.2 Å². The molecule has 4 nitrogen and oxygen atoms in total. The van der Waals surface area contributed by atoms with E-state index in [1.54, 1.807) is 7.11 Å². The molecule has 1 atom stereocenters. The van der Waals surface area contributed by atoms with Crippen LogP contribution in [0.1, 0.15) is 24.8 Å². The summed E-state index contributed by atoms with van der Waals surface area (Å²) in [4.78, 5) is 13.1. The van der Waals surface area contributed by atoms with Crippen LogP contribution in [0.2, 0.25) is 0 Å². The molecule has 0 amide bonds. The average molecular weight is 263 g/mol. The Morgan fingerprint density at radius 2 is 2.16 bits per heavy atom. The van der Waals surface area contributed by atoms with Gasteiger partial charge in [0.1, 0.15) is 5.75 Å². The largest absolute Gasteiger partial charge is 0.497 e. The molecule has 0 spiro atoms. The summed E-state index contributed by atoms with van der Waals surface area (Å²) in [7, 11) is 1.66. The molecule has 104 valence electrons. The zero-order valence-electron chi connectivity index (χ0n) is 11.3. The molecule has 1 aliphatic rings. The van der Waals surface area contributed by atoms with Crippen LogP contribution in [0.4, 0.5) is 0 Å². The van der Waals surface area contributed by atoms with Gasteiger partial charge in [0, 0.05) is 12.6 Å². The summed E-state index contributed by atoms with van der Waals surface area (Å²) in [6.45, 7) is 1.96. The van der Waals surface area contributed by atoms with Crippen LogP contribution in [-0.2, 0) is 11.2 Å². The van der Waals surface area contributed by atoms with Gasteiger partial charge in [-0.3, -0.25) is 9.69 Å². The van der Waals surface area contributed by atoms with E-state index in [1.165, 1.54) is 5.56 Å². The maximum Gasteiger partial charge on any atom is 0.304 e. The van der Waals surface area contributed by atoms with E-state index in [1.807, 2.05) is 12.1 Å². The predicted octanol–water partition coefficient (Wildman–Crippen LogP) is 2.18. The minimum Gasteiger partial charge on any atom is -0.497 e. The van der Waals surface area contributed by atoms with Crippen molar-refractivity contribution in [1.29, 1.82) is 0 Å². The number of aliphatic carboxylic acids is 1. The number of ether oxygens (including phenoxy) is 1. The van der Waals surface area contributed by atoms with E-state index in [4.69, 9.17) is 9.84 Å². The van der Waals surface area contributed by atoms with Gasteiger partial charge in [-0.05, 0) is 43.5 Å². The Bertz CT molecular complexity index is 416. The van der Waals surface area contributed by atoms with Gasteiger partial charge in [-0.25, -0.2) is 0 Å². The molecular weight excluding hydrogens is 242 g/mol. The minimum atomic E-state index is -0.693. The minimum absolute atomic E-state index is 0.218. The summed E-state index contributed by atoms with van der Waals surface area (Å²) in [5, 5.41) is 8.89. The van der Waals surface area contributed by atoms with Gasteiger partial charge in [-0.1, -0.05) is 12.1 Å². The Labute approximate surface area is 114 Å². The molecular formula is C15H21NO3. The summed E-state index contributed by atoms with van der Waals surface area (Å²) < 4.78 is 5.13. The van der Waals surface area contributed by atoms with E-state index in [-0.39, 0.29) is 12.5 Å². The molecule has 1 fully saturated rings. The standard InChI is InChI=1S/C15H21NO3/c1-19-14-6-4-12(5-7-14)8-10-16-9-2-3-13(16)11-15(17)18/h4-7,13H,2-3,8-11H2,1H3,(H,17,18). The number of benzene rings is 1. The quantitative estimate of drug-likeness (QED) is 0.854. The second-order valence-corrected chi connectivity index (χ2v) is 5.03. The van der Waals surface area contributed by atoms with E-state index in [2.05, 4.69) is 17.0 Å². The fourth-order valence-corrected chi connectivity index (χ4v) is 2.69. The summed E-state index contributed by atoms with van der Waals surface area (Å²) >= 11 is 0. The van der Waals surface area contributed by atoms with Crippen molar-refractivity contribution in [3.8, 4) is 5.75 Å². The first kappa shape index (κ1) is 13.9.